The fourth-order valence-electron chi connectivity index (χ4n) is 1.03. The molecule has 0 spiro atoms. The second-order valence-electron chi connectivity index (χ2n) is 2.84. The van der Waals surface area contributed by atoms with E-state index in [1.54, 1.807) is 0 Å². The number of carbonyl (C=O) groups excluding carboxylic acids is 1. The van der Waals surface area contributed by atoms with Crippen LogP contribution in [0.2, 0.25) is 0 Å². The SMILES string of the molecule is [CH2]C#CCCCCCCC(=O)OC. The minimum absolute atomic E-state index is 0.113. The molecule has 1 radical (unpaired) electrons. The van der Waals surface area contributed by atoms with Gasteiger partial charge in [-0.25, -0.2) is 0 Å². The summed E-state index contributed by atoms with van der Waals surface area (Å²) in [6.45, 7) is 3.43. The molecule has 0 aromatic rings. The summed E-state index contributed by atoms with van der Waals surface area (Å²) in [5.41, 5.74) is 0. The smallest absolute Gasteiger partial charge is 0.305 e. The van der Waals surface area contributed by atoms with E-state index in [1.165, 1.54) is 7.11 Å². The average Bonchev–Trinajstić information content (AvgIpc) is 2.16. The van der Waals surface area contributed by atoms with Crippen molar-refractivity contribution in [3.05, 3.63) is 6.92 Å². The van der Waals surface area contributed by atoms with E-state index < -0.39 is 0 Å². The predicted molar refractivity (Wildman–Crippen MR) is 52.9 cm³/mol. The number of methoxy groups -OCH3 is 1. The quantitative estimate of drug-likeness (QED) is 0.357. The fraction of sp³-hybridized carbons (Fsp3) is 0.636. The first-order valence-electron chi connectivity index (χ1n) is 4.63. The van der Waals surface area contributed by atoms with Crippen molar-refractivity contribution in [1.29, 1.82) is 0 Å². The van der Waals surface area contributed by atoms with Gasteiger partial charge in [-0.15, -0.1) is 11.8 Å². The molecule has 0 saturated carbocycles. The molecule has 0 heterocycles. The van der Waals surface area contributed by atoms with Gasteiger partial charge < -0.3 is 4.74 Å². The Kier molecular flexibility index (Phi) is 8.44. The van der Waals surface area contributed by atoms with Crippen molar-refractivity contribution >= 4 is 5.97 Å². The first kappa shape index (κ1) is 12.0. The highest BCUT2D eigenvalue weighted by molar-refractivity contribution is 5.68. The number of hydrogen-bond acceptors (Lipinski definition) is 2. The second kappa shape index (κ2) is 9.12. The number of hydrogen-bond donors (Lipinski definition) is 0. The third-order valence-corrected chi connectivity index (χ3v) is 1.79. The van der Waals surface area contributed by atoms with Gasteiger partial charge >= 0.3 is 5.97 Å². The van der Waals surface area contributed by atoms with Crippen LogP contribution in [0.5, 0.6) is 0 Å². The number of unbranched alkanes of at least 4 members (excludes halogenated alkanes) is 4. The van der Waals surface area contributed by atoms with Gasteiger partial charge in [-0.1, -0.05) is 12.8 Å². The van der Waals surface area contributed by atoms with E-state index >= 15 is 0 Å². The topological polar surface area (TPSA) is 26.3 Å². The molecule has 0 aliphatic rings. The lowest BCUT2D eigenvalue weighted by Gasteiger charge is -1.98. The zero-order chi connectivity index (χ0) is 9.94. The summed E-state index contributed by atoms with van der Waals surface area (Å²) < 4.78 is 4.53. The van der Waals surface area contributed by atoms with Crippen molar-refractivity contribution in [3.63, 3.8) is 0 Å². The van der Waals surface area contributed by atoms with Crippen molar-refractivity contribution in [2.75, 3.05) is 7.11 Å². The maximum Gasteiger partial charge on any atom is 0.305 e. The number of esters is 1. The van der Waals surface area contributed by atoms with E-state index in [1.807, 2.05) is 0 Å². The van der Waals surface area contributed by atoms with Crippen molar-refractivity contribution in [1.82, 2.24) is 0 Å². The van der Waals surface area contributed by atoms with Gasteiger partial charge in [0.25, 0.3) is 0 Å². The van der Waals surface area contributed by atoms with E-state index in [2.05, 4.69) is 23.5 Å². The Morgan fingerprint density at radius 1 is 1.31 bits per heavy atom. The van der Waals surface area contributed by atoms with Crippen molar-refractivity contribution in [2.45, 2.75) is 38.5 Å². The van der Waals surface area contributed by atoms with Crippen LogP contribution < -0.4 is 0 Å². The highest BCUT2D eigenvalue weighted by Crippen LogP contribution is 2.05. The van der Waals surface area contributed by atoms with Gasteiger partial charge in [-0.3, -0.25) is 4.79 Å². The molecule has 0 N–H and O–H groups in total. The molecule has 0 aliphatic heterocycles. The maximum atomic E-state index is 10.7. The summed E-state index contributed by atoms with van der Waals surface area (Å²) in [6, 6.07) is 0. The number of carbonyl (C=O) groups is 1. The molecule has 0 aliphatic carbocycles. The van der Waals surface area contributed by atoms with Crippen molar-refractivity contribution < 1.29 is 9.53 Å². The van der Waals surface area contributed by atoms with E-state index in [0.29, 0.717) is 6.42 Å². The molecular weight excluding hydrogens is 164 g/mol. The standard InChI is InChI=1S/C11H17O2/c1-3-4-5-6-7-8-9-10-11(12)13-2/h1,5-10H2,2H3. The Labute approximate surface area is 80.7 Å². The van der Waals surface area contributed by atoms with E-state index in [-0.39, 0.29) is 5.97 Å². The zero-order valence-electron chi connectivity index (χ0n) is 8.27. The van der Waals surface area contributed by atoms with Gasteiger partial charge in [0.15, 0.2) is 0 Å². The predicted octanol–water partition coefficient (Wildman–Crippen LogP) is 2.34. The van der Waals surface area contributed by atoms with Crippen LogP contribution in [-0.2, 0) is 9.53 Å². The van der Waals surface area contributed by atoms with Gasteiger partial charge in [0.2, 0.25) is 0 Å². The van der Waals surface area contributed by atoms with Gasteiger partial charge in [-0.05, 0) is 12.8 Å². The number of rotatable bonds is 6. The van der Waals surface area contributed by atoms with Crippen molar-refractivity contribution in [2.24, 2.45) is 0 Å². The van der Waals surface area contributed by atoms with Crippen LogP contribution in [0.3, 0.4) is 0 Å². The van der Waals surface area contributed by atoms with Gasteiger partial charge in [-0.2, -0.15) is 0 Å². The lowest BCUT2D eigenvalue weighted by atomic mass is 10.1. The summed E-state index contributed by atoms with van der Waals surface area (Å²) in [6.07, 6.45) is 5.69. The molecule has 0 aromatic heterocycles. The van der Waals surface area contributed by atoms with Crippen LogP contribution in [-0.4, -0.2) is 13.1 Å². The highest BCUT2D eigenvalue weighted by atomic mass is 16.5. The molecule has 0 atom stereocenters. The molecule has 13 heavy (non-hydrogen) atoms. The van der Waals surface area contributed by atoms with E-state index in [0.717, 1.165) is 32.1 Å². The first-order chi connectivity index (χ1) is 6.31. The Bertz CT molecular complexity index is 186. The van der Waals surface area contributed by atoms with Crippen LogP contribution in [0.25, 0.3) is 0 Å². The van der Waals surface area contributed by atoms with Crippen molar-refractivity contribution in [3.8, 4) is 11.8 Å². The molecule has 73 valence electrons. The molecule has 0 amide bonds. The molecule has 2 nitrogen and oxygen atoms in total. The molecule has 0 unspecified atom stereocenters. The summed E-state index contributed by atoms with van der Waals surface area (Å²) in [5, 5.41) is 0. The van der Waals surface area contributed by atoms with Gasteiger partial charge in [0.1, 0.15) is 0 Å². The van der Waals surface area contributed by atoms with Crippen LogP contribution >= 0.6 is 0 Å². The van der Waals surface area contributed by atoms with Gasteiger partial charge in [0.05, 0.1) is 7.11 Å². The van der Waals surface area contributed by atoms with E-state index in [4.69, 9.17) is 0 Å². The largest absolute Gasteiger partial charge is 0.469 e. The third-order valence-electron chi connectivity index (χ3n) is 1.79. The fourth-order valence-corrected chi connectivity index (χ4v) is 1.03. The third kappa shape index (κ3) is 8.94. The highest BCUT2D eigenvalue weighted by Gasteiger charge is 1.98. The summed E-state index contributed by atoms with van der Waals surface area (Å²) in [7, 11) is 1.42. The van der Waals surface area contributed by atoms with Crippen LogP contribution in [0, 0.1) is 18.8 Å². The molecule has 0 fully saturated rings. The Morgan fingerprint density at radius 3 is 2.62 bits per heavy atom. The minimum Gasteiger partial charge on any atom is -0.469 e. The monoisotopic (exact) mass is 181 g/mol. The minimum atomic E-state index is -0.113. The summed E-state index contributed by atoms with van der Waals surface area (Å²) in [5.74, 6) is 5.40. The molecule has 2 heteroatoms. The Morgan fingerprint density at radius 2 is 2.00 bits per heavy atom. The van der Waals surface area contributed by atoms with Crippen LogP contribution in [0.1, 0.15) is 38.5 Å². The number of ether oxygens (including phenoxy) is 1. The normalized spacial score (nSPS) is 8.77. The van der Waals surface area contributed by atoms with E-state index in [9.17, 15) is 4.79 Å². The molecule has 0 saturated heterocycles. The lowest BCUT2D eigenvalue weighted by Crippen LogP contribution is -1.98. The first-order valence-corrected chi connectivity index (χ1v) is 4.63. The second-order valence-corrected chi connectivity index (χ2v) is 2.84. The van der Waals surface area contributed by atoms with Gasteiger partial charge in [0, 0.05) is 19.8 Å². The average molecular weight is 181 g/mol. The van der Waals surface area contributed by atoms with Crippen LogP contribution in [0.15, 0.2) is 0 Å². The Hall–Kier alpha value is -0.970. The Balaban J connectivity index is 3.06. The molecule has 0 rings (SSSR count). The molecule has 0 bridgehead atoms. The molecular formula is C11H17O2. The molecule has 0 aromatic carbocycles. The summed E-state index contributed by atoms with van der Waals surface area (Å²) >= 11 is 0. The van der Waals surface area contributed by atoms with Crippen LogP contribution in [0.4, 0.5) is 0 Å². The zero-order valence-corrected chi connectivity index (χ0v) is 8.27. The lowest BCUT2D eigenvalue weighted by molar-refractivity contribution is -0.140. The maximum absolute atomic E-state index is 10.7. The summed E-state index contributed by atoms with van der Waals surface area (Å²) in [4.78, 5) is 10.7.